The molecule has 6 heteroatoms. The standard InChI is InChI=1S/C20H19N3O3/c1-25-18-11-9-15(12-19(18)26-2)23-20(24)17-10-8-16(13-21-17)22-14-6-4-3-5-7-14/h3-13,22H,1-2H3,(H,23,24). The Labute approximate surface area is 151 Å². The van der Waals surface area contributed by atoms with Crippen molar-refractivity contribution in [2.45, 2.75) is 0 Å². The van der Waals surface area contributed by atoms with Crippen molar-refractivity contribution in [1.82, 2.24) is 4.98 Å². The molecule has 0 unspecified atom stereocenters. The van der Waals surface area contributed by atoms with Crippen molar-refractivity contribution in [2.24, 2.45) is 0 Å². The molecular formula is C20H19N3O3. The highest BCUT2D eigenvalue weighted by Gasteiger charge is 2.10. The Balaban J connectivity index is 1.68. The maximum Gasteiger partial charge on any atom is 0.274 e. The summed E-state index contributed by atoms with van der Waals surface area (Å²) in [6.45, 7) is 0. The number of benzene rings is 2. The summed E-state index contributed by atoms with van der Waals surface area (Å²) < 4.78 is 10.4. The lowest BCUT2D eigenvalue weighted by atomic mass is 10.2. The number of aromatic nitrogens is 1. The second kappa shape index (κ2) is 8.02. The van der Waals surface area contributed by atoms with Crippen LogP contribution in [0, 0.1) is 0 Å². The molecular weight excluding hydrogens is 330 g/mol. The molecule has 0 radical (unpaired) electrons. The number of carbonyl (C=O) groups is 1. The first-order valence-electron chi connectivity index (χ1n) is 8.01. The second-order valence-corrected chi connectivity index (χ2v) is 5.45. The van der Waals surface area contributed by atoms with Gasteiger partial charge in [-0.05, 0) is 36.4 Å². The Morgan fingerprint density at radius 1 is 0.846 bits per heavy atom. The van der Waals surface area contributed by atoms with Gasteiger partial charge in [-0.3, -0.25) is 4.79 Å². The topological polar surface area (TPSA) is 72.5 Å². The van der Waals surface area contributed by atoms with Crippen LogP contribution in [0.2, 0.25) is 0 Å². The fourth-order valence-electron chi connectivity index (χ4n) is 2.40. The molecule has 0 saturated carbocycles. The maximum atomic E-state index is 12.4. The smallest absolute Gasteiger partial charge is 0.274 e. The third-order valence-electron chi connectivity index (χ3n) is 3.70. The average Bonchev–Trinajstić information content (AvgIpc) is 2.69. The Bertz CT molecular complexity index is 881. The number of para-hydroxylation sites is 1. The van der Waals surface area contributed by atoms with Crippen LogP contribution in [-0.2, 0) is 0 Å². The molecule has 1 amide bonds. The van der Waals surface area contributed by atoms with Crippen molar-refractivity contribution in [2.75, 3.05) is 24.9 Å². The summed E-state index contributed by atoms with van der Waals surface area (Å²) >= 11 is 0. The number of nitrogens with zero attached hydrogens (tertiary/aromatic N) is 1. The highest BCUT2D eigenvalue weighted by atomic mass is 16.5. The van der Waals surface area contributed by atoms with Gasteiger partial charge in [0.1, 0.15) is 5.69 Å². The first-order valence-corrected chi connectivity index (χ1v) is 8.01. The molecule has 0 fully saturated rings. The van der Waals surface area contributed by atoms with E-state index in [0.29, 0.717) is 22.9 Å². The zero-order valence-electron chi connectivity index (χ0n) is 14.5. The predicted molar refractivity (Wildman–Crippen MR) is 101 cm³/mol. The van der Waals surface area contributed by atoms with Gasteiger partial charge in [-0.15, -0.1) is 0 Å². The van der Waals surface area contributed by atoms with Crippen LogP contribution >= 0.6 is 0 Å². The number of amides is 1. The molecule has 0 aliphatic rings. The van der Waals surface area contributed by atoms with Gasteiger partial charge in [-0.2, -0.15) is 0 Å². The normalized spacial score (nSPS) is 10.1. The molecule has 6 nitrogen and oxygen atoms in total. The number of carbonyl (C=O) groups excluding carboxylic acids is 1. The van der Waals surface area contributed by atoms with E-state index < -0.39 is 0 Å². The molecule has 3 aromatic rings. The third-order valence-corrected chi connectivity index (χ3v) is 3.70. The molecule has 1 aromatic heterocycles. The molecule has 0 atom stereocenters. The van der Waals surface area contributed by atoms with Crippen LogP contribution in [0.25, 0.3) is 0 Å². The zero-order valence-corrected chi connectivity index (χ0v) is 14.5. The van der Waals surface area contributed by atoms with Crippen LogP contribution in [0.5, 0.6) is 11.5 Å². The molecule has 0 spiro atoms. The summed E-state index contributed by atoms with van der Waals surface area (Å²) in [5, 5.41) is 6.02. The Morgan fingerprint density at radius 3 is 2.23 bits per heavy atom. The highest BCUT2D eigenvalue weighted by molar-refractivity contribution is 6.03. The minimum absolute atomic E-state index is 0.302. The van der Waals surface area contributed by atoms with Crippen molar-refractivity contribution in [3.8, 4) is 11.5 Å². The lowest BCUT2D eigenvalue weighted by molar-refractivity contribution is 0.102. The van der Waals surface area contributed by atoms with Crippen LogP contribution < -0.4 is 20.1 Å². The molecule has 0 aliphatic carbocycles. The van der Waals surface area contributed by atoms with Gasteiger partial charge < -0.3 is 20.1 Å². The van der Waals surface area contributed by atoms with Gasteiger partial charge in [0.15, 0.2) is 11.5 Å². The molecule has 132 valence electrons. The number of anilines is 3. The largest absolute Gasteiger partial charge is 0.493 e. The monoisotopic (exact) mass is 349 g/mol. The fourth-order valence-corrected chi connectivity index (χ4v) is 2.40. The lowest BCUT2D eigenvalue weighted by Crippen LogP contribution is -2.13. The fraction of sp³-hybridized carbons (Fsp3) is 0.100. The van der Waals surface area contributed by atoms with Crippen LogP contribution in [0.15, 0.2) is 66.9 Å². The van der Waals surface area contributed by atoms with Crippen molar-refractivity contribution in [3.05, 3.63) is 72.6 Å². The Kier molecular flexibility index (Phi) is 5.34. The summed E-state index contributed by atoms with van der Waals surface area (Å²) in [5.74, 6) is 0.837. The minimum atomic E-state index is -0.302. The minimum Gasteiger partial charge on any atom is -0.493 e. The summed E-state index contributed by atoms with van der Waals surface area (Å²) in [7, 11) is 3.11. The Morgan fingerprint density at radius 2 is 1.58 bits per heavy atom. The van der Waals surface area contributed by atoms with E-state index in [1.54, 1.807) is 44.7 Å². The molecule has 3 rings (SSSR count). The molecule has 0 saturated heterocycles. The van der Waals surface area contributed by atoms with Crippen LogP contribution in [-0.4, -0.2) is 25.1 Å². The van der Waals surface area contributed by atoms with Gasteiger partial charge in [0.05, 0.1) is 26.1 Å². The summed E-state index contributed by atoms with van der Waals surface area (Å²) in [4.78, 5) is 16.6. The van der Waals surface area contributed by atoms with Gasteiger partial charge in [-0.25, -0.2) is 4.98 Å². The summed E-state index contributed by atoms with van der Waals surface area (Å²) in [6, 6.07) is 18.4. The van der Waals surface area contributed by atoms with E-state index in [1.807, 2.05) is 36.4 Å². The SMILES string of the molecule is COc1ccc(NC(=O)c2ccc(Nc3ccccc3)cn2)cc1OC. The van der Waals surface area contributed by atoms with Crippen molar-refractivity contribution < 1.29 is 14.3 Å². The van der Waals surface area contributed by atoms with Gasteiger partial charge in [0.25, 0.3) is 5.91 Å². The van der Waals surface area contributed by atoms with Crippen molar-refractivity contribution >= 4 is 23.0 Å². The molecule has 26 heavy (non-hydrogen) atoms. The lowest BCUT2D eigenvalue weighted by Gasteiger charge is -2.11. The summed E-state index contributed by atoms with van der Waals surface area (Å²) in [5.41, 5.74) is 2.68. The van der Waals surface area contributed by atoms with E-state index in [2.05, 4.69) is 15.6 Å². The first kappa shape index (κ1) is 17.3. The van der Waals surface area contributed by atoms with E-state index in [0.717, 1.165) is 11.4 Å². The van der Waals surface area contributed by atoms with E-state index in [9.17, 15) is 4.79 Å². The van der Waals surface area contributed by atoms with E-state index >= 15 is 0 Å². The second-order valence-electron chi connectivity index (χ2n) is 5.45. The summed E-state index contributed by atoms with van der Waals surface area (Å²) in [6.07, 6.45) is 1.62. The van der Waals surface area contributed by atoms with Crippen molar-refractivity contribution in [1.29, 1.82) is 0 Å². The van der Waals surface area contributed by atoms with Crippen LogP contribution in [0.4, 0.5) is 17.1 Å². The van der Waals surface area contributed by atoms with Crippen molar-refractivity contribution in [3.63, 3.8) is 0 Å². The van der Waals surface area contributed by atoms with E-state index in [1.165, 1.54) is 0 Å². The number of pyridine rings is 1. The predicted octanol–water partition coefficient (Wildman–Crippen LogP) is 4.09. The van der Waals surface area contributed by atoms with Gasteiger partial charge in [0, 0.05) is 17.4 Å². The number of nitrogens with one attached hydrogen (secondary N) is 2. The highest BCUT2D eigenvalue weighted by Crippen LogP contribution is 2.29. The number of methoxy groups -OCH3 is 2. The maximum absolute atomic E-state index is 12.4. The van der Waals surface area contributed by atoms with Crippen LogP contribution in [0.3, 0.4) is 0 Å². The van der Waals surface area contributed by atoms with E-state index in [-0.39, 0.29) is 5.91 Å². The molecule has 0 aliphatic heterocycles. The Hall–Kier alpha value is -3.54. The number of hydrogen-bond acceptors (Lipinski definition) is 5. The molecule has 2 N–H and O–H groups in total. The average molecular weight is 349 g/mol. The van der Waals surface area contributed by atoms with E-state index in [4.69, 9.17) is 9.47 Å². The van der Waals surface area contributed by atoms with Gasteiger partial charge >= 0.3 is 0 Å². The van der Waals surface area contributed by atoms with Gasteiger partial charge in [0.2, 0.25) is 0 Å². The molecule has 1 heterocycles. The number of hydrogen-bond donors (Lipinski definition) is 2. The quantitative estimate of drug-likeness (QED) is 0.701. The zero-order chi connectivity index (χ0) is 18.4. The number of ether oxygens (including phenoxy) is 2. The molecule has 2 aromatic carbocycles. The number of rotatable bonds is 6. The molecule has 0 bridgehead atoms. The van der Waals surface area contributed by atoms with Gasteiger partial charge in [-0.1, -0.05) is 18.2 Å². The van der Waals surface area contributed by atoms with Crippen LogP contribution in [0.1, 0.15) is 10.5 Å². The first-order chi connectivity index (χ1) is 12.7. The third kappa shape index (κ3) is 4.10.